The van der Waals surface area contributed by atoms with Crippen LogP contribution < -0.4 is 15.4 Å². The van der Waals surface area contributed by atoms with E-state index in [4.69, 9.17) is 41.5 Å². The number of carbonyl (C=O) groups excluding carboxylic acids is 1. The molecule has 0 amide bonds. The number of benzene rings is 1. The minimum absolute atomic E-state index is 0.165. The topological polar surface area (TPSA) is 120 Å². The van der Waals surface area contributed by atoms with Crippen LogP contribution in [0.2, 0.25) is 5.02 Å². The van der Waals surface area contributed by atoms with Crippen molar-refractivity contribution in [2.75, 3.05) is 44.9 Å². The van der Waals surface area contributed by atoms with E-state index in [0.717, 1.165) is 43.7 Å². The predicted molar refractivity (Wildman–Crippen MR) is 157 cm³/mol. The summed E-state index contributed by atoms with van der Waals surface area (Å²) < 4.78 is 16.8. The van der Waals surface area contributed by atoms with E-state index in [9.17, 15) is 9.90 Å². The number of aliphatic hydroxyl groups excluding tert-OH is 1. The summed E-state index contributed by atoms with van der Waals surface area (Å²) in [6.45, 7) is 10.2. The van der Waals surface area contributed by atoms with Crippen LogP contribution in [-0.2, 0) is 14.3 Å². The van der Waals surface area contributed by atoms with Crippen molar-refractivity contribution < 1.29 is 24.1 Å². The summed E-state index contributed by atoms with van der Waals surface area (Å²) in [5.41, 5.74) is 9.04. The Labute approximate surface area is 241 Å². The van der Waals surface area contributed by atoms with Gasteiger partial charge in [0.25, 0.3) is 0 Å². The molecule has 2 aliphatic rings. The lowest BCUT2D eigenvalue weighted by atomic mass is 9.61. The van der Waals surface area contributed by atoms with Gasteiger partial charge in [0.1, 0.15) is 18.2 Å². The predicted octanol–water partition coefficient (Wildman–Crippen LogP) is 4.56. The van der Waals surface area contributed by atoms with E-state index in [2.05, 4.69) is 4.90 Å². The number of aromatic nitrogens is 2. The molecule has 40 heavy (non-hydrogen) atoms. The van der Waals surface area contributed by atoms with Gasteiger partial charge in [-0.3, -0.25) is 4.79 Å². The molecule has 2 aromatic rings. The zero-order valence-electron chi connectivity index (χ0n) is 24.1. The third-order valence-electron chi connectivity index (χ3n) is 7.66. The molecule has 2 heterocycles. The van der Waals surface area contributed by atoms with E-state index in [0.29, 0.717) is 58.8 Å². The van der Waals surface area contributed by atoms with Crippen molar-refractivity contribution in [2.24, 2.45) is 11.1 Å². The van der Waals surface area contributed by atoms with Crippen molar-refractivity contribution in [2.45, 2.75) is 65.6 Å². The van der Waals surface area contributed by atoms with Crippen molar-refractivity contribution >= 4 is 28.8 Å². The molecule has 10 heteroatoms. The van der Waals surface area contributed by atoms with Crippen molar-refractivity contribution in [3.63, 3.8) is 0 Å². The van der Waals surface area contributed by atoms with Crippen LogP contribution in [0, 0.1) is 12.3 Å². The maximum Gasteiger partial charge on any atom is 0.163 e. The first-order valence-corrected chi connectivity index (χ1v) is 14.3. The average molecular weight is 573 g/mol. The van der Waals surface area contributed by atoms with Gasteiger partial charge in [-0.15, -0.1) is 0 Å². The lowest BCUT2D eigenvalue weighted by Crippen LogP contribution is -2.64. The molecule has 0 bridgehead atoms. The third kappa shape index (κ3) is 6.60. The van der Waals surface area contributed by atoms with Gasteiger partial charge >= 0.3 is 0 Å². The molecular formula is C30H41ClN4O5. The van der Waals surface area contributed by atoms with Crippen molar-refractivity contribution in [1.82, 2.24) is 9.97 Å². The number of anilines is 1. The van der Waals surface area contributed by atoms with E-state index >= 15 is 0 Å². The summed E-state index contributed by atoms with van der Waals surface area (Å²) in [5.74, 6) is 1.53. The summed E-state index contributed by atoms with van der Waals surface area (Å²) in [6, 6.07) is 5.26. The smallest absolute Gasteiger partial charge is 0.163 e. The Kier molecular flexibility index (Phi) is 9.72. The van der Waals surface area contributed by atoms with Gasteiger partial charge < -0.3 is 30.0 Å². The van der Waals surface area contributed by atoms with E-state index in [1.807, 2.05) is 13.8 Å². The first-order chi connectivity index (χ1) is 19.1. The largest absolute Gasteiger partial charge is 0.491 e. The molecule has 1 aromatic carbocycles. The molecule has 3 N–H and O–H groups in total. The zero-order chi connectivity index (χ0) is 29.0. The fraction of sp³-hybridized carbons (Fsp3) is 0.567. The standard InChI is InChI=1S/C30H41ClN4O5/c1-6-7-21(37)15-40-22-8-9-25(31)24(12-22)28-33-27(26(19(3)32)20(4)36)18(2)29(34-28)35-16-30(17-35)13-23(14-30)39-11-10-38-5/h8-9,12,21,23,37H,6-7,10-11,13-17,32H2,1-5H3/t21-/m1/s1. The molecular weight excluding hydrogens is 532 g/mol. The minimum atomic E-state index is -0.552. The highest BCUT2D eigenvalue weighted by molar-refractivity contribution is 6.33. The second-order valence-corrected chi connectivity index (χ2v) is 11.5. The van der Waals surface area contributed by atoms with Crippen LogP contribution in [0.3, 0.4) is 0 Å². The number of allylic oxidation sites excluding steroid dienone is 2. The van der Waals surface area contributed by atoms with E-state index in [-0.39, 0.29) is 23.9 Å². The molecule has 1 saturated carbocycles. The quantitative estimate of drug-likeness (QED) is 0.263. The fourth-order valence-electron chi connectivity index (χ4n) is 5.68. The lowest BCUT2D eigenvalue weighted by Gasteiger charge is -2.59. The number of hydrogen-bond donors (Lipinski definition) is 2. The molecule has 1 atom stereocenters. The summed E-state index contributed by atoms with van der Waals surface area (Å²) in [4.78, 5) is 24.7. The van der Waals surface area contributed by atoms with Crippen LogP contribution in [0.1, 0.15) is 57.7 Å². The SMILES string of the molecule is CCC[C@@H](O)COc1ccc(Cl)c(-c2nc(C(C(C)=O)=C(C)N)c(C)c(N3CC4(CC(OCCOC)C4)C3)n2)c1. The first kappa shape index (κ1) is 30.2. The Morgan fingerprint density at radius 3 is 2.60 bits per heavy atom. The molecule has 9 nitrogen and oxygen atoms in total. The number of rotatable bonds is 13. The van der Waals surface area contributed by atoms with Crippen molar-refractivity contribution in [3.05, 3.63) is 40.2 Å². The number of aliphatic hydroxyl groups is 1. The number of carbonyl (C=O) groups is 1. The highest BCUT2D eigenvalue weighted by Gasteiger charge is 2.53. The molecule has 1 saturated heterocycles. The molecule has 1 spiro atoms. The number of hydrogen-bond acceptors (Lipinski definition) is 9. The van der Waals surface area contributed by atoms with Gasteiger partial charge in [-0.05, 0) is 58.2 Å². The average Bonchev–Trinajstić information content (AvgIpc) is 2.85. The Bertz CT molecular complexity index is 1250. The van der Waals surface area contributed by atoms with Crippen LogP contribution in [0.15, 0.2) is 23.9 Å². The van der Waals surface area contributed by atoms with Gasteiger partial charge in [0.05, 0.1) is 41.7 Å². The lowest BCUT2D eigenvalue weighted by molar-refractivity contribution is -0.111. The third-order valence-corrected chi connectivity index (χ3v) is 7.99. The summed E-state index contributed by atoms with van der Waals surface area (Å²) in [7, 11) is 1.68. The molecule has 2 fully saturated rings. The van der Waals surface area contributed by atoms with Crippen molar-refractivity contribution in [1.29, 1.82) is 0 Å². The number of Topliss-reactive ketones (excluding diaryl/α,β-unsaturated/α-hetero) is 1. The van der Waals surface area contributed by atoms with Crippen LogP contribution in [0.5, 0.6) is 5.75 Å². The summed E-state index contributed by atoms with van der Waals surface area (Å²) in [6.07, 6.45) is 3.25. The van der Waals surface area contributed by atoms with Gasteiger partial charge in [0.15, 0.2) is 11.6 Å². The second kappa shape index (κ2) is 12.9. The maximum absolute atomic E-state index is 12.7. The molecule has 1 aliphatic heterocycles. The number of nitrogens with two attached hydrogens (primary N) is 1. The summed E-state index contributed by atoms with van der Waals surface area (Å²) >= 11 is 6.64. The minimum Gasteiger partial charge on any atom is -0.491 e. The van der Waals surface area contributed by atoms with Crippen LogP contribution in [0.25, 0.3) is 17.0 Å². The normalized spacial score (nSPS) is 17.7. The summed E-state index contributed by atoms with van der Waals surface area (Å²) in [5, 5.41) is 10.6. The van der Waals surface area contributed by atoms with Gasteiger partial charge in [-0.2, -0.15) is 0 Å². The molecule has 0 radical (unpaired) electrons. The monoisotopic (exact) mass is 572 g/mol. The zero-order valence-corrected chi connectivity index (χ0v) is 24.9. The highest BCUT2D eigenvalue weighted by Crippen LogP contribution is 2.51. The van der Waals surface area contributed by atoms with E-state index in [1.54, 1.807) is 32.2 Å². The van der Waals surface area contributed by atoms with Crippen LogP contribution >= 0.6 is 11.6 Å². The van der Waals surface area contributed by atoms with Gasteiger partial charge in [-0.25, -0.2) is 9.97 Å². The van der Waals surface area contributed by atoms with Crippen LogP contribution in [0.4, 0.5) is 5.82 Å². The number of halogens is 1. The van der Waals surface area contributed by atoms with Gasteiger partial charge in [0.2, 0.25) is 0 Å². The molecule has 4 rings (SSSR count). The molecule has 1 aromatic heterocycles. The molecule has 1 aliphatic carbocycles. The number of ketones is 1. The number of nitrogens with zero attached hydrogens (tertiary/aromatic N) is 3. The molecule has 218 valence electrons. The first-order valence-electron chi connectivity index (χ1n) is 13.9. The highest BCUT2D eigenvalue weighted by atomic mass is 35.5. The second-order valence-electron chi connectivity index (χ2n) is 11.1. The van der Waals surface area contributed by atoms with E-state index < -0.39 is 6.10 Å². The van der Waals surface area contributed by atoms with E-state index in [1.165, 1.54) is 6.92 Å². The van der Waals surface area contributed by atoms with Gasteiger partial charge in [-0.1, -0.05) is 24.9 Å². The number of methoxy groups -OCH3 is 1. The Hall–Kier alpha value is -2.72. The Morgan fingerprint density at radius 2 is 1.98 bits per heavy atom. The number of ether oxygens (including phenoxy) is 3. The van der Waals surface area contributed by atoms with Gasteiger partial charge in [0, 0.05) is 42.4 Å². The van der Waals surface area contributed by atoms with Crippen LogP contribution in [-0.4, -0.2) is 73.1 Å². The Balaban J connectivity index is 1.65. The fourth-order valence-corrected chi connectivity index (χ4v) is 5.88. The maximum atomic E-state index is 12.7. The molecule has 0 unspecified atom stereocenters. The van der Waals surface area contributed by atoms with Crippen molar-refractivity contribution in [3.8, 4) is 17.1 Å². The Morgan fingerprint density at radius 1 is 1.25 bits per heavy atom.